The summed E-state index contributed by atoms with van der Waals surface area (Å²) in [5.74, 6) is -0.664. The van der Waals surface area contributed by atoms with E-state index in [1.807, 2.05) is 79.0 Å². The van der Waals surface area contributed by atoms with Crippen molar-refractivity contribution >= 4 is 30.7 Å². The Hall–Kier alpha value is -4.21. The Bertz CT molecular complexity index is 1730. The normalized spacial score (nSPS) is 17.6. The van der Waals surface area contributed by atoms with Crippen molar-refractivity contribution in [2.75, 3.05) is 19.8 Å². The van der Waals surface area contributed by atoms with Gasteiger partial charge >= 0.3 is 13.9 Å². The number of amides is 2. The summed E-state index contributed by atoms with van der Waals surface area (Å²) < 4.78 is 21.9. The van der Waals surface area contributed by atoms with Gasteiger partial charge in [0.15, 0.2) is 0 Å². The average Bonchev–Trinajstić information content (AvgIpc) is 3.75. The molecule has 6 rings (SSSR count). The van der Waals surface area contributed by atoms with Crippen molar-refractivity contribution < 1.29 is 33.2 Å². The second-order valence-corrected chi connectivity index (χ2v) is 12.7. The zero-order valence-electron chi connectivity index (χ0n) is 24.6. The number of rotatable bonds is 11. The molecule has 1 aromatic heterocycles. The number of fused-ring (bicyclic) bond motifs is 4. The predicted molar refractivity (Wildman–Crippen MR) is 170 cm³/mol. The minimum atomic E-state index is -4.81. The quantitative estimate of drug-likeness (QED) is 0.108. The smallest absolute Gasteiger partial charge is 0.449 e. The molecule has 0 radical (unpaired) electrons. The molecule has 10 nitrogen and oxygen atoms in total. The molecular formula is C34H36N3O7P. The largest absolute Gasteiger partial charge is 0.469 e. The predicted octanol–water partition coefficient (Wildman–Crippen LogP) is 5.57. The maximum Gasteiger partial charge on any atom is 0.469 e. The Balaban J connectivity index is 1.09. The Morgan fingerprint density at radius 2 is 1.69 bits per heavy atom. The molecule has 1 saturated carbocycles. The number of nitrogens with one attached hydrogen (secondary N) is 3. The summed E-state index contributed by atoms with van der Waals surface area (Å²) in [4.78, 5) is 48.1. The number of aromatic nitrogens is 1. The highest BCUT2D eigenvalue weighted by molar-refractivity contribution is 7.46. The van der Waals surface area contributed by atoms with E-state index in [0.717, 1.165) is 50.7 Å². The van der Waals surface area contributed by atoms with Crippen LogP contribution in [0.1, 0.15) is 41.9 Å². The summed E-state index contributed by atoms with van der Waals surface area (Å²) in [7, 11) is -4.81. The van der Waals surface area contributed by atoms with Crippen LogP contribution < -0.4 is 10.6 Å². The minimum Gasteiger partial charge on any atom is -0.449 e. The Morgan fingerprint density at radius 3 is 2.42 bits per heavy atom. The van der Waals surface area contributed by atoms with Crippen LogP contribution in [-0.4, -0.2) is 52.6 Å². The van der Waals surface area contributed by atoms with Gasteiger partial charge in [-0.25, -0.2) is 9.36 Å². The van der Waals surface area contributed by atoms with Gasteiger partial charge in [0.05, 0.1) is 18.6 Å². The summed E-state index contributed by atoms with van der Waals surface area (Å²) in [6.07, 6.45) is 5.60. The van der Waals surface area contributed by atoms with Crippen LogP contribution in [0.2, 0.25) is 0 Å². The molecule has 0 saturated heterocycles. The van der Waals surface area contributed by atoms with Crippen molar-refractivity contribution in [3.63, 3.8) is 0 Å². The van der Waals surface area contributed by atoms with Crippen molar-refractivity contribution in [1.29, 1.82) is 0 Å². The minimum absolute atomic E-state index is 0.0873. The number of H-pyrrole nitrogens is 1. The van der Waals surface area contributed by atoms with Gasteiger partial charge in [-0.3, -0.25) is 9.32 Å². The van der Waals surface area contributed by atoms with Crippen molar-refractivity contribution in [2.45, 2.75) is 37.6 Å². The van der Waals surface area contributed by atoms with E-state index in [0.29, 0.717) is 25.8 Å². The Morgan fingerprint density at radius 1 is 1.00 bits per heavy atom. The van der Waals surface area contributed by atoms with Crippen LogP contribution in [0, 0.1) is 5.92 Å². The lowest BCUT2D eigenvalue weighted by molar-refractivity contribution is -0.123. The van der Waals surface area contributed by atoms with Crippen LogP contribution in [0.25, 0.3) is 22.0 Å². The van der Waals surface area contributed by atoms with Crippen LogP contribution >= 0.6 is 7.82 Å². The number of alkyl carbamates (subject to hydrolysis) is 1. The molecule has 0 bridgehead atoms. The fourth-order valence-electron chi connectivity index (χ4n) is 6.51. The molecule has 5 N–H and O–H groups in total. The summed E-state index contributed by atoms with van der Waals surface area (Å²) in [5.41, 5.74) is 7.30. The van der Waals surface area contributed by atoms with Gasteiger partial charge in [-0.15, -0.1) is 0 Å². The number of para-hydroxylation sites is 1. The number of hydrogen-bond donors (Lipinski definition) is 5. The number of carbonyl (C=O) groups excluding carboxylic acids is 2. The third-order valence-corrected chi connectivity index (χ3v) is 9.06. The highest BCUT2D eigenvalue weighted by Crippen LogP contribution is 2.44. The van der Waals surface area contributed by atoms with Gasteiger partial charge in [-0.05, 0) is 59.6 Å². The third-order valence-electron chi connectivity index (χ3n) is 8.58. The number of ether oxygens (including phenoxy) is 1. The number of aromatic amines is 1. The summed E-state index contributed by atoms with van der Waals surface area (Å²) in [6, 6.07) is 23.1. The molecule has 2 atom stereocenters. The van der Waals surface area contributed by atoms with Crippen molar-refractivity contribution in [2.24, 2.45) is 5.92 Å². The first-order chi connectivity index (χ1) is 21.8. The van der Waals surface area contributed by atoms with E-state index in [-0.39, 0.29) is 18.4 Å². The number of carbonyl (C=O) groups is 2. The molecule has 11 heteroatoms. The maximum absolute atomic E-state index is 13.2. The highest BCUT2D eigenvalue weighted by Gasteiger charge is 2.31. The molecule has 234 valence electrons. The molecule has 0 spiro atoms. The lowest BCUT2D eigenvalue weighted by atomic mass is 9.98. The van der Waals surface area contributed by atoms with E-state index < -0.39 is 32.5 Å². The van der Waals surface area contributed by atoms with E-state index in [1.54, 1.807) is 6.08 Å². The van der Waals surface area contributed by atoms with Gasteiger partial charge < -0.3 is 30.1 Å². The summed E-state index contributed by atoms with van der Waals surface area (Å²) >= 11 is 0. The molecule has 1 heterocycles. The van der Waals surface area contributed by atoms with E-state index >= 15 is 0 Å². The van der Waals surface area contributed by atoms with Gasteiger partial charge in [0.1, 0.15) is 6.61 Å². The SMILES string of the molecule is O=C(N[C@H](/C=C1\CCC[C@H]1C(=O)NCCc1c[nH]c2ccccc12)COP(=O)(O)O)OCC1c2ccccc2-c2ccccc21. The van der Waals surface area contributed by atoms with Gasteiger partial charge in [0.2, 0.25) is 5.91 Å². The van der Waals surface area contributed by atoms with Gasteiger partial charge in [-0.2, -0.15) is 0 Å². The van der Waals surface area contributed by atoms with Gasteiger partial charge in [0, 0.05) is 29.6 Å². The molecule has 3 aromatic carbocycles. The number of phosphoric ester groups is 1. The number of benzene rings is 3. The van der Waals surface area contributed by atoms with Crippen LogP contribution in [0.4, 0.5) is 4.79 Å². The molecule has 0 unspecified atom stereocenters. The zero-order chi connectivity index (χ0) is 31.4. The van der Waals surface area contributed by atoms with Gasteiger partial charge in [0.25, 0.3) is 0 Å². The second kappa shape index (κ2) is 13.4. The molecule has 2 aliphatic rings. The molecule has 2 amide bonds. The van der Waals surface area contributed by atoms with E-state index in [1.165, 1.54) is 0 Å². The standard InChI is InChI=1S/C34H36N3O7P/c38-33(35-17-16-23-19-36-32-15-6-5-9-25(23)32)26-14-7-8-22(26)18-24(20-44-45(40,41)42)37-34(39)43-21-31-29-12-3-1-10-27(29)28-11-2-4-13-30(28)31/h1-6,9-13,15,18-19,24,26,31,36H,7-8,14,16-17,20-21H2,(H,35,38)(H,37,39)(H2,40,41,42)/b22-18+/t24-,26-/m1/s1. The Kier molecular flexibility index (Phi) is 9.19. The van der Waals surface area contributed by atoms with Crippen LogP contribution in [0.3, 0.4) is 0 Å². The van der Waals surface area contributed by atoms with Crippen LogP contribution in [0.5, 0.6) is 0 Å². The molecule has 45 heavy (non-hydrogen) atoms. The second-order valence-electron chi connectivity index (χ2n) is 11.4. The fraction of sp³-hybridized carbons (Fsp3) is 0.294. The third kappa shape index (κ3) is 7.21. The first-order valence-electron chi connectivity index (χ1n) is 15.1. The molecule has 1 fully saturated rings. The number of hydrogen-bond acceptors (Lipinski definition) is 5. The van der Waals surface area contributed by atoms with Crippen LogP contribution in [-0.2, 0) is 25.0 Å². The number of phosphoric acid groups is 1. The summed E-state index contributed by atoms with van der Waals surface area (Å²) in [6.45, 7) is 0.0735. The Labute approximate surface area is 261 Å². The monoisotopic (exact) mass is 629 g/mol. The van der Waals surface area contributed by atoms with Crippen LogP contribution in [0.15, 0.2) is 90.6 Å². The van der Waals surface area contributed by atoms with Crippen molar-refractivity contribution in [1.82, 2.24) is 15.6 Å². The first kappa shape index (κ1) is 30.8. The molecular weight excluding hydrogens is 593 g/mol. The zero-order valence-corrected chi connectivity index (χ0v) is 25.5. The van der Waals surface area contributed by atoms with E-state index in [2.05, 4.69) is 15.6 Å². The van der Waals surface area contributed by atoms with Crippen molar-refractivity contribution in [3.8, 4) is 11.1 Å². The van der Waals surface area contributed by atoms with E-state index in [9.17, 15) is 23.9 Å². The molecule has 2 aliphatic carbocycles. The fourth-order valence-corrected chi connectivity index (χ4v) is 6.86. The summed E-state index contributed by atoms with van der Waals surface area (Å²) in [5, 5.41) is 6.85. The lowest BCUT2D eigenvalue weighted by Gasteiger charge is -2.20. The molecule has 0 aliphatic heterocycles. The first-order valence-corrected chi connectivity index (χ1v) is 16.6. The lowest BCUT2D eigenvalue weighted by Crippen LogP contribution is -2.38. The van der Waals surface area contributed by atoms with Gasteiger partial charge in [-0.1, -0.05) is 78.4 Å². The van der Waals surface area contributed by atoms with Crippen molar-refractivity contribution in [3.05, 3.63) is 107 Å². The maximum atomic E-state index is 13.2. The highest BCUT2D eigenvalue weighted by atomic mass is 31.2. The average molecular weight is 630 g/mol. The van der Waals surface area contributed by atoms with E-state index in [4.69, 9.17) is 9.26 Å². The topological polar surface area (TPSA) is 150 Å². The molecule has 4 aromatic rings.